The van der Waals surface area contributed by atoms with Crippen molar-refractivity contribution in [1.29, 1.82) is 0 Å². The molecule has 86 valence electrons. The Morgan fingerprint density at radius 2 is 1.64 bits per heavy atom. The van der Waals surface area contributed by atoms with E-state index in [4.69, 9.17) is 10.2 Å². The molecule has 0 heterocycles. The molecule has 0 bridgehead atoms. The maximum absolute atomic E-state index is 9.16. The Bertz CT molecular complexity index is 127. The fourth-order valence-corrected chi connectivity index (χ4v) is 1.51. The molecule has 0 aromatic carbocycles. The van der Waals surface area contributed by atoms with E-state index in [2.05, 4.69) is 20.8 Å². The van der Waals surface area contributed by atoms with E-state index in [-0.39, 0.29) is 6.61 Å². The second kappa shape index (κ2) is 7.24. The minimum absolute atomic E-state index is 0.275. The average Bonchev–Trinajstić information content (AvgIpc) is 2.09. The van der Waals surface area contributed by atoms with Gasteiger partial charge in [0.05, 0.1) is 0 Å². The third-order valence-electron chi connectivity index (χ3n) is 2.58. The van der Waals surface area contributed by atoms with E-state index in [1.807, 2.05) is 0 Å². The number of hydrogen-bond donors (Lipinski definition) is 2. The summed E-state index contributed by atoms with van der Waals surface area (Å²) in [6.45, 7) is 7.26. The van der Waals surface area contributed by atoms with Gasteiger partial charge in [-0.25, -0.2) is 0 Å². The zero-order valence-electron chi connectivity index (χ0n) is 9.92. The van der Waals surface area contributed by atoms with Crippen molar-refractivity contribution in [3.63, 3.8) is 0 Å². The van der Waals surface area contributed by atoms with Crippen LogP contribution in [0.2, 0.25) is 0 Å². The van der Waals surface area contributed by atoms with Gasteiger partial charge >= 0.3 is 0 Å². The Kier molecular flexibility index (Phi) is 7.20. The lowest BCUT2D eigenvalue weighted by molar-refractivity contribution is 0.186. The van der Waals surface area contributed by atoms with E-state index in [0.717, 1.165) is 32.1 Å². The fraction of sp³-hybridized carbons (Fsp3) is 1.00. The highest BCUT2D eigenvalue weighted by atomic mass is 16.3. The first-order chi connectivity index (χ1) is 6.49. The molecule has 2 heteroatoms. The quantitative estimate of drug-likeness (QED) is 0.623. The van der Waals surface area contributed by atoms with Gasteiger partial charge in [-0.15, -0.1) is 0 Å². The monoisotopic (exact) mass is 202 g/mol. The first-order valence-corrected chi connectivity index (χ1v) is 5.71. The summed E-state index contributed by atoms with van der Waals surface area (Å²) in [6, 6.07) is 0. The normalized spacial score (nSPS) is 14.4. The first kappa shape index (κ1) is 13.9. The van der Waals surface area contributed by atoms with Crippen LogP contribution < -0.4 is 0 Å². The zero-order valence-corrected chi connectivity index (χ0v) is 9.92. The maximum atomic E-state index is 9.16. The predicted octanol–water partition coefficient (Wildman–Crippen LogP) is 2.58. The van der Waals surface area contributed by atoms with E-state index >= 15 is 0 Å². The topological polar surface area (TPSA) is 40.5 Å². The third-order valence-corrected chi connectivity index (χ3v) is 2.58. The van der Waals surface area contributed by atoms with Crippen LogP contribution in [0.1, 0.15) is 52.9 Å². The SMILES string of the molecule is CC(C)(C)CC[C@@H](CO)CCCCO. The van der Waals surface area contributed by atoms with Gasteiger partial charge in [0.1, 0.15) is 0 Å². The molecule has 0 aliphatic heterocycles. The summed E-state index contributed by atoms with van der Waals surface area (Å²) in [6.07, 6.45) is 5.22. The smallest absolute Gasteiger partial charge is 0.0459 e. The van der Waals surface area contributed by atoms with Gasteiger partial charge in [-0.3, -0.25) is 0 Å². The lowest BCUT2D eigenvalue weighted by atomic mass is 9.85. The summed E-state index contributed by atoms with van der Waals surface area (Å²) in [5.74, 6) is 0.431. The lowest BCUT2D eigenvalue weighted by Crippen LogP contribution is -2.12. The molecule has 0 aliphatic rings. The summed E-state index contributed by atoms with van der Waals surface area (Å²) >= 11 is 0. The number of rotatable bonds is 7. The van der Waals surface area contributed by atoms with Crippen LogP contribution in [0.15, 0.2) is 0 Å². The van der Waals surface area contributed by atoms with Gasteiger partial charge in [-0.05, 0) is 37.0 Å². The number of unbranched alkanes of at least 4 members (excludes halogenated alkanes) is 1. The van der Waals surface area contributed by atoms with Crippen molar-refractivity contribution in [2.45, 2.75) is 52.9 Å². The summed E-state index contributed by atoms with van der Waals surface area (Å²) in [4.78, 5) is 0. The van der Waals surface area contributed by atoms with Crippen LogP contribution in [0, 0.1) is 11.3 Å². The fourth-order valence-electron chi connectivity index (χ4n) is 1.51. The molecule has 2 N–H and O–H groups in total. The van der Waals surface area contributed by atoms with E-state index in [1.54, 1.807) is 0 Å². The van der Waals surface area contributed by atoms with Gasteiger partial charge in [-0.2, -0.15) is 0 Å². The first-order valence-electron chi connectivity index (χ1n) is 5.71. The van der Waals surface area contributed by atoms with Crippen LogP contribution in [0.3, 0.4) is 0 Å². The molecule has 0 fully saturated rings. The molecule has 0 radical (unpaired) electrons. The number of aliphatic hydroxyl groups excluding tert-OH is 2. The van der Waals surface area contributed by atoms with E-state index in [1.165, 1.54) is 0 Å². The summed E-state index contributed by atoms with van der Waals surface area (Å²) < 4.78 is 0. The second-order valence-corrected chi connectivity index (χ2v) is 5.37. The van der Waals surface area contributed by atoms with Crippen LogP contribution in [0.5, 0.6) is 0 Å². The molecule has 0 unspecified atom stereocenters. The van der Waals surface area contributed by atoms with Crippen molar-refractivity contribution in [1.82, 2.24) is 0 Å². The molecule has 0 spiro atoms. The maximum Gasteiger partial charge on any atom is 0.0459 e. The highest BCUT2D eigenvalue weighted by Gasteiger charge is 2.14. The van der Waals surface area contributed by atoms with Crippen molar-refractivity contribution in [3.05, 3.63) is 0 Å². The molecule has 0 aromatic heterocycles. The highest BCUT2D eigenvalue weighted by molar-refractivity contribution is 4.66. The Hall–Kier alpha value is -0.0800. The molecule has 1 atom stereocenters. The molecular weight excluding hydrogens is 176 g/mol. The minimum atomic E-state index is 0.275. The van der Waals surface area contributed by atoms with Crippen LogP contribution in [-0.2, 0) is 0 Å². The van der Waals surface area contributed by atoms with Crippen molar-refractivity contribution in [3.8, 4) is 0 Å². The Labute approximate surface area is 88.3 Å². The van der Waals surface area contributed by atoms with E-state index in [0.29, 0.717) is 17.9 Å². The molecule has 0 rings (SSSR count). The van der Waals surface area contributed by atoms with Gasteiger partial charge in [0.25, 0.3) is 0 Å². The van der Waals surface area contributed by atoms with Crippen LogP contribution in [0.4, 0.5) is 0 Å². The third kappa shape index (κ3) is 8.52. The predicted molar refractivity (Wildman–Crippen MR) is 60.2 cm³/mol. The van der Waals surface area contributed by atoms with E-state index < -0.39 is 0 Å². The molecule has 0 aliphatic carbocycles. The number of aliphatic hydroxyl groups is 2. The second-order valence-electron chi connectivity index (χ2n) is 5.37. The largest absolute Gasteiger partial charge is 0.396 e. The van der Waals surface area contributed by atoms with Gasteiger partial charge in [0, 0.05) is 13.2 Å². The summed E-state index contributed by atoms with van der Waals surface area (Å²) in [7, 11) is 0. The molecule has 2 nitrogen and oxygen atoms in total. The molecule has 0 saturated heterocycles. The lowest BCUT2D eigenvalue weighted by Gasteiger charge is -2.21. The van der Waals surface area contributed by atoms with E-state index in [9.17, 15) is 0 Å². The van der Waals surface area contributed by atoms with Crippen molar-refractivity contribution in [2.75, 3.05) is 13.2 Å². The number of hydrogen-bond acceptors (Lipinski definition) is 2. The highest BCUT2D eigenvalue weighted by Crippen LogP contribution is 2.25. The van der Waals surface area contributed by atoms with Gasteiger partial charge in [0.15, 0.2) is 0 Å². The van der Waals surface area contributed by atoms with Gasteiger partial charge < -0.3 is 10.2 Å². The molecular formula is C12H26O2. The average molecular weight is 202 g/mol. The molecule has 14 heavy (non-hydrogen) atoms. The molecule has 0 saturated carbocycles. The summed E-state index contributed by atoms with van der Waals surface area (Å²) in [5, 5.41) is 17.8. The zero-order chi connectivity index (χ0) is 11.0. The molecule has 0 amide bonds. The van der Waals surface area contributed by atoms with Crippen molar-refractivity contribution >= 4 is 0 Å². The van der Waals surface area contributed by atoms with Crippen LogP contribution in [0.25, 0.3) is 0 Å². The molecule has 0 aromatic rings. The van der Waals surface area contributed by atoms with Crippen LogP contribution >= 0.6 is 0 Å². The Balaban J connectivity index is 3.58. The Morgan fingerprint density at radius 1 is 1.00 bits per heavy atom. The van der Waals surface area contributed by atoms with Gasteiger partial charge in [-0.1, -0.05) is 27.2 Å². The minimum Gasteiger partial charge on any atom is -0.396 e. The standard InChI is InChI=1S/C12H26O2/c1-12(2,3)8-7-11(10-14)6-4-5-9-13/h11,13-14H,4-10H2,1-3H3/t11-/m0/s1. The van der Waals surface area contributed by atoms with Crippen molar-refractivity contribution in [2.24, 2.45) is 11.3 Å². The van der Waals surface area contributed by atoms with Crippen LogP contribution in [-0.4, -0.2) is 23.4 Å². The Morgan fingerprint density at radius 3 is 2.07 bits per heavy atom. The van der Waals surface area contributed by atoms with Gasteiger partial charge in [0.2, 0.25) is 0 Å². The van der Waals surface area contributed by atoms with Crippen molar-refractivity contribution < 1.29 is 10.2 Å². The summed E-state index contributed by atoms with van der Waals surface area (Å²) in [5.41, 5.74) is 0.365.